The van der Waals surface area contributed by atoms with Crippen molar-refractivity contribution in [2.45, 2.75) is 13.0 Å². The van der Waals surface area contributed by atoms with Gasteiger partial charge in [0, 0.05) is 12.1 Å². The van der Waals surface area contributed by atoms with Gasteiger partial charge in [0.1, 0.15) is 6.61 Å². The minimum atomic E-state index is -0.362. The fourth-order valence-electron chi connectivity index (χ4n) is 0.411. The summed E-state index contributed by atoms with van der Waals surface area (Å²) in [5, 5.41) is 0. The SMILES string of the molecule is C=CC(=O)OCC(C)N(C)C.Cl. The highest BCUT2D eigenvalue weighted by atomic mass is 35.5. The van der Waals surface area contributed by atoms with Gasteiger partial charge in [0.15, 0.2) is 0 Å². The molecule has 3 nitrogen and oxygen atoms in total. The first-order valence-corrected chi connectivity index (χ1v) is 3.53. The highest BCUT2D eigenvalue weighted by molar-refractivity contribution is 5.85. The summed E-state index contributed by atoms with van der Waals surface area (Å²) >= 11 is 0. The van der Waals surface area contributed by atoms with Gasteiger partial charge in [-0.05, 0) is 21.0 Å². The predicted molar refractivity (Wildman–Crippen MR) is 51.6 cm³/mol. The Labute approximate surface area is 79.8 Å². The molecule has 0 spiro atoms. The standard InChI is InChI=1S/C8H15NO2.ClH/c1-5-8(10)11-6-7(2)9(3)4;/h5,7H,1,6H2,2-4H3;1H. The van der Waals surface area contributed by atoms with E-state index in [9.17, 15) is 4.79 Å². The fourth-order valence-corrected chi connectivity index (χ4v) is 0.411. The van der Waals surface area contributed by atoms with E-state index >= 15 is 0 Å². The first-order chi connectivity index (χ1) is 5.07. The van der Waals surface area contributed by atoms with E-state index in [2.05, 4.69) is 6.58 Å². The smallest absolute Gasteiger partial charge is 0.330 e. The normalized spacial score (nSPS) is 11.7. The number of carbonyl (C=O) groups excluding carboxylic acids is 1. The quantitative estimate of drug-likeness (QED) is 0.495. The van der Waals surface area contributed by atoms with Gasteiger partial charge >= 0.3 is 5.97 Å². The molecule has 0 bridgehead atoms. The van der Waals surface area contributed by atoms with Crippen LogP contribution in [0.1, 0.15) is 6.92 Å². The zero-order valence-electron chi connectivity index (χ0n) is 7.74. The Bertz CT molecular complexity index is 148. The summed E-state index contributed by atoms with van der Waals surface area (Å²) in [6.45, 7) is 5.69. The van der Waals surface area contributed by atoms with E-state index in [0.29, 0.717) is 6.61 Å². The molecule has 0 radical (unpaired) electrons. The van der Waals surface area contributed by atoms with Gasteiger partial charge in [-0.25, -0.2) is 4.79 Å². The molecule has 0 aliphatic heterocycles. The second-order valence-electron chi connectivity index (χ2n) is 2.65. The first-order valence-electron chi connectivity index (χ1n) is 3.53. The lowest BCUT2D eigenvalue weighted by Crippen LogP contribution is -2.30. The van der Waals surface area contributed by atoms with E-state index in [1.807, 2.05) is 25.9 Å². The summed E-state index contributed by atoms with van der Waals surface area (Å²) in [6, 6.07) is 0.249. The van der Waals surface area contributed by atoms with Crippen molar-refractivity contribution in [2.75, 3.05) is 20.7 Å². The molecule has 0 rings (SSSR count). The monoisotopic (exact) mass is 193 g/mol. The van der Waals surface area contributed by atoms with E-state index in [1.54, 1.807) is 0 Å². The number of carbonyl (C=O) groups is 1. The molecule has 0 amide bonds. The van der Waals surface area contributed by atoms with E-state index in [-0.39, 0.29) is 24.4 Å². The molecule has 4 heteroatoms. The average Bonchev–Trinajstić information content (AvgIpc) is 1.99. The summed E-state index contributed by atoms with van der Waals surface area (Å²) in [5.74, 6) is -0.362. The highest BCUT2D eigenvalue weighted by Gasteiger charge is 2.05. The van der Waals surface area contributed by atoms with Crippen molar-refractivity contribution in [1.82, 2.24) is 4.90 Å². The van der Waals surface area contributed by atoms with Crippen LogP contribution in [0.4, 0.5) is 0 Å². The van der Waals surface area contributed by atoms with Crippen LogP contribution in [0, 0.1) is 0 Å². The van der Waals surface area contributed by atoms with Crippen LogP contribution in [0.5, 0.6) is 0 Å². The minimum Gasteiger partial charge on any atom is -0.461 e. The third-order valence-corrected chi connectivity index (χ3v) is 1.52. The third-order valence-electron chi connectivity index (χ3n) is 1.52. The maximum Gasteiger partial charge on any atom is 0.330 e. The molecule has 1 unspecified atom stereocenters. The summed E-state index contributed by atoms with van der Waals surface area (Å²) < 4.78 is 4.82. The van der Waals surface area contributed by atoms with Crippen molar-refractivity contribution in [2.24, 2.45) is 0 Å². The van der Waals surface area contributed by atoms with Crippen LogP contribution >= 0.6 is 12.4 Å². The number of hydrogen-bond donors (Lipinski definition) is 0. The largest absolute Gasteiger partial charge is 0.461 e. The zero-order valence-corrected chi connectivity index (χ0v) is 8.56. The number of esters is 1. The molecule has 0 saturated heterocycles. The van der Waals surface area contributed by atoms with Crippen LogP contribution in [0.25, 0.3) is 0 Å². The number of hydrogen-bond acceptors (Lipinski definition) is 3. The maximum absolute atomic E-state index is 10.6. The molecule has 72 valence electrons. The number of likely N-dealkylation sites (N-methyl/N-ethyl adjacent to an activating group) is 1. The highest BCUT2D eigenvalue weighted by Crippen LogP contribution is 1.92. The lowest BCUT2D eigenvalue weighted by Gasteiger charge is -2.18. The van der Waals surface area contributed by atoms with Gasteiger partial charge in [0.05, 0.1) is 0 Å². The van der Waals surface area contributed by atoms with E-state index in [1.165, 1.54) is 6.08 Å². The van der Waals surface area contributed by atoms with Crippen molar-refractivity contribution in [3.63, 3.8) is 0 Å². The Hall–Kier alpha value is -0.540. The third kappa shape index (κ3) is 6.19. The first kappa shape index (κ1) is 14.0. The molecule has 0 aliphatic rings. The summed E-state index contributed by atoms with van der Waals surface area (Å²) in [4.78, 5) is 12.6. The van der Waals surface area contributed by atoms with Crippen LogP contribution in [0.15, 0.2) is 12.7 Å². The van der Waals surface area contributed by atoms with Crippen LogP contribution in [0.3, 0.4) is 0 Å². The lowest BCUT2D eigenvalue weighted by atomic mass is 10.3. The summed E-state index contributed by atoms with van der Waals surface area (Å²) in [7, 11) is 3.87. The van der Waals surface area contributed by atoms with Crippen molar-refractivity contribution >= 4 is 18.4 Å². The number of ether oxygens (including phenoxy) is 1. The van der Waals surface area contributed by atoms with Gasteiger partial charge in [0.2, 0.25) is 0 Å². The van der Waals surface area contributed by atoms with Gasteiger partial charge in [-0.2, -0.15) is 0 Å². The Balaban J connectivity index is 0. The van der Waals surface area contributed by atoms with E-state index in [0.717, 1.165) is 0 Å². The second kappa shape index (κ2) is 7.13. The Morgan fingerprint density at radius 2 is 2.17 bits per heavy atom. The minimum absolute atomic E-state index is 0. The van der Waals surface area contributed by atoms with Crippen molar-refractivity contribution in [3.05, 3.63) is 12.7 Å². The molecule has 0 heterocycles. The van der Waals surface area contributed by atoms with Crippen LogP contribution in [0.2, 0.25) is 0 Å². The average molecular weight is 194 g/mol. The molecule has 0 aliphatic carbocycles. The molecule has 12 heavy (non-hydrogen) atoms. The van der Waals surface area contributed by atoms with Crippen LogP contribution in [-0.2, 0) is 9.53 Å². The molecule has 0 aromatic carbocycles. The number of halogens is 1. The zero-order chi connectivity index (χ0) is 8.85. The predicted octanol–water partition coefficient (Wildman–Crippen LogP) is 1.09. The van der Waals surface area contributed by atoms with Gasteiger partial charge in [-0.15, -0.1) is 12.4 Å². The molecule has 0 N–H and O–H groups in total. The summed E-state index contributed by atoms with van der Waals surface area (Å²) in [6.07, 6.45) is 1.17. The van der Waals surface area contributed by atoms with Gasteiger partial charge in [0.25, 0.3) is 0 Å². The van der Waals surface area contributed by atoms with Crippen LogP contribution < -0.4 is 0 Å². The number of nitrogens with zero attached hydrogens (tertiary/aromatic N) is 1. The Morgan fingerprint density at radius 1 is 1.67 bits per heavy atom. The van der Waals surface area contributed by atoms with Crippen molar-refractivity contribution in [3.8, 4) is 0 Å². The molecular weight excluding hydrogens is 178 g/mol. The van der Waals surface area contributed by atoms with Crippen molar-refractivity contribution < 1.29 is 9.53 Å². The fraction of sp³-hybridized carbons (Fsp3) is 0.625. The van der Waals surface area contributed by atoms with E-state index in [4.69, 9.17) is 4.74 Å². The lowest BCUT2D eigenvalue weighted by molar-refractivity contribution is -0.139. The molecule has 1 atom stereocenters. The Kier molecular flexibility index (Phi) is 8.32. The van der Waals surface area contributed by atoms with Gasteiger partial charge in [-0.1, -0.05) is 6.58 Å². The second-order valence-corrected chi connectivity index (χ2v) is 2.65. The van der Waals surface area contributed by atoms with Crippen molar-refractivity contribution in [1.29, 1.82) is 0 Å². The van der Waals surface area contributed by atoms with Crippen LogP contribution in [-0.4, -0.2) is 37.6 Å². The molecule has 0 fully saturated rings. The topological polar surface area (TPSA) is 29.5 Å². The van der Waals surface area contributed by atoms with Gasteiger partial charge < -0.3 is 9.64 Å². The van der Waals surface area contributed by atoms with E-state index < -0.39 is 0 Å². The molecule has 0 aromatic rings. The van der Waals surface area contributed by atoms with Gasteiger partial charge in [-0.3, -0.25) is 0 Å². The molecule has 0 saturated carbocycles. The Morgan fingerprint density at radius 3 is 2.50 bits per heavy atom. The maximum atomic E-state index is 10.6. The number of rotatable bonds is 4. The summed E-state index contributed by atoms with van der Waals surface area (Å²) in [5.41, 5.74) is 0. The molecule has 0 aromatic heterocycles. The molecular formula is C8H16ClNO2.